The van der Waals surface area contributed by atoms with Crippen molar-refractivity contribution in [1.29, 1.82) is 0 Å². The number of ether oxygens (including phenoxy) is 1. The SMILES string of the molecule is CCOC1CC(N)(C(=O)N2CCC(C(C)C)CC2)C1(C)C.Cl. The van der Waals surface area contributed by atoms with Crippen LogP contribution in [0.4, 0.5) is 0 Å². The van der Waals surface area contributed by atoms with Crippen molar-refractivity contribution in [2.75, 3.05) is 19.7 Å². The molecule has 1 saturated heterocycles. The number of amides is 1. The van der Waals surface area contributed by atoms with Gasteiger partial charge in [-0.2, -0.15) is 0 Å². The number of likely N-dealkylation sites (tertiary alicyclic amines) is 1. The number of piperidine rings is 1. The van der Waals surface area contributed by atoms with Crippen molar-refractivity contribution >= 4 is 18.3 Å². The number of carbonyl (C=O) groups is 1. The van der Waals surface area contributed by atoms with E-state index in [4.69, 9.17) is 10.5 Å². The molecule has 0 spiro atoms. The fraction of sp³-hybridized carbons (Fsp3) is 0.941. The molecule has 130 valence electrons. The molecular formula is C17H33ClN2O2. The summed E-state index contributed by atoms with van der Waals surface area (Å²) >= 11 is 0. The van der Waals surface area contributed by atoms with Crippen LogP contribution in [0.5, 0.6) is 0 Å². The molecule has 22 heavy (non-hydrogen) atoms. The number of nitrogens with two attached hydrogens (primary N) is 1. The lowest BCUT2D eigenvalue weighted by atomic mass is 9.54. The number of halogens is 1. The average Bonchev–Trinajstić information content (AvgIpc) is 2.46. The quantitative estimate of drug-likeness (QED) is 0.861. The van der Waals surface area contributed by atoms with E-state index in [1.54, 1.807) is 0 Å². The Morgan fingerprint density at radius 3 is 2.27 bits per heavy atom. The third kappa shape index (κ3) is 3.15. The molecule has 0 aromatic heterocycles. The third-order valence-corrected chi connectivity index (χ3v) is 5.98. The van der Waals surface area contributed by atoms with Crippen LogP contribution in [-0.4, -0.2) is 42.1 Å². The van der Waals surface area contributed by atoms with E-state index in [1.165, 1.54) is 0 Å². The second-order valence-electron chi connectivity index (χ2n) is 7.71. The highest BCUT2D eigenvalue weighted by Crippen LogP contribution is 2.50. The van der Waals surface area contributed by atoms with Gasteiger partial charge < -0.3 is 15.4 Å². The summed E-state index contributed by atoms with van der Waals surface area (Å²) < 4.78 is 5.72. The molecule has 0 aromatic rings. The van der Waals surface area contributed by atoms with Crippen LogP contribution in [0.2, 0.25) is 0 Å². The normalized spacial score (nSPS) is 31.6. The first kappa shape index (κ1) is 19.7. The smallest absolute Gasteiger partial charge is 0.243 e. The molecule has 4 nitrogen and oxygen atoms in total. The van der Waals surface area contributed by atoms with Gasteiger partial charge in [0.1, 0.15) is 5.54 Å². The predicted molar refractivity (Wildman–Crippen MR) is 92.1 cm³/mol. The summed E-state index contributed by atoms with van der Waals surface area (Å²) in [6.45, 7) is 13.1. The van der Waals surface area contributed by atoms with Crippen molar-refractivity contribution in [3.05, 3.63) is 0 Å². The summed E-state index contributed by atoms with van der Waals surface area (Å²) in [7, 11) is 0. The molecule has 2 unspecified atom stereocenters. The van der Waals surface area contributed by atoms with E-state index in [0.717, 1.165) is 31.8 Å². The van der Waals surface area contributed by atoms with Crippen LogP contribution in [0.25, 0.3) is 0 Å². The highest BCUT2D eigenvalue weighted by atomic mass is 35.5. The predicted octanol–water partition coefficient (Wildman–Crippen LogP) is 2.84. The lowest BCUT2D eigenvalue weighted by Gasteiger charge is -2.59. The van der Waals surface area contributed by atoms with Gasteiger partial charge in [-0.3, -0.25) is 4.79 Å². The Kier molecular flexibility index (Phi) is 6.33. The average molecular weight is 333 g/mol. The Hall–Kier alpha value is -0.320. The first-order chi connectivity index (χ1) is 9.74. The summed E-state index contributed by atoms with van der Waals surface area (Å²) in [6, 6.07) is 0. The van der Waals surface area contributed by atoms with Crippen molar-refractivity contribution in [2.45, 2.75) is 65.5 Å². The van der Waals surface area contributed by atoms with Crippen LogP contribution in [0.3, 0.4) is 0 Å². The summed E-state index contributed by atoms with van der Waals surface area (Å²) in [6.07, 6.45) is 2.96. The molecule has 2 aliphatic rings. The van der Waals surface area contributed by atoms with Crippen molar-refractivity contribution in [3.63, 3.8) is 0 Å². The molecular weight excluding hydrogens is 300 g/mol. The molecule has 1 aliphatic heterocycles. The van der Waals surface area contributed by atoms with E-state index in [1.807, 2.05) is 11.8 Å². The van der Waals surface area contributed by atoms with Gasteiger partial charge >= 0.3 is 0 Å². The summed E-state index contributed by atoms with van der Waals surface area (Å²) in [5, 5.41) is 0. The number of carbonyl (C=O) groups excluding carboxylic acids is 1. The number of hydrogen-bond donors (Lipinski definition) is 1. The minimum atomic E-state index is -0.752. The van der Waals surface area contributed by atoms with Crippen molar-refractivity contribution in [1.82, 2.24) is 4.90 Å². The van der Waals surface area contributed by atoms with Crippen LogP contribution in [0.15, 0.2) is 0 Å². The van der Waals surface area contributed by atoms with Crippen molar-refractivity contribution in [2.24, 2.45) is 23.0 Å². The standard InChI is InChI=1S/C17H32N2O2.ClH/c1-6-21-14-11-17(18,16(14,4)5)15(20)19-9-7-13(8-10-19)12(2)3;/h12-14H,6-11,18H2,1-5H3;1H. The van der Waals surface area contributed by atoms with E-state index in [-0.39, 0.29) is 29.8 Å². The Labute approximate surface area is 141 Å². The molecule has 0 radical (unpaired) electrons. The van der Waals surface area contributed by atoms with E-state index >= 15 is 0 Å². The molecule has 2 atom stereocenters. The van der Waals surface area contributed by atoms with Crippen LogP contribution >= 0.6 is 12.4 Å². The van der Waals surface area contributed by atoms with Gasteiger partial charge in [0.25, 0.3) is 0 Å². The van der Waals surface area contributed by atoms with E-state index in [9.17, 15) is 4.79 Å². The maximum absolute atomic E-state index is 12.9. The Balaban J connectivity index is 0.00000242. The Bertz CT molecular complexity index is 392. The van der Waals surface area contributed by atoms with Crippen LogP contribution in [0.1, 0.15) is 53.9 Å². The van der Waals surface area contributed by atoms with Gasteiger partial charge in [-0.15, -0.1) is 12.4 Å². The van der Waals surface area contributed by atoms with Crippen LogP contribution < -0.4 is 5.73 Å². The Morgan fingerprint density at radius 1 is 1.32 bits per heavy atom. The highest BCUT2D eigenvalue weighted by Gasteiger charge is 2.63. The van der Waals surface area contributed by atoms with Gasteiger partial charge in [-0.1, -0.05) is 27.7 Å². The fourth-order valence-electron chi connectivity index (χ4n) is 3.85. The van der Waals surface area contributed by atoms with E-state index in [2.05, 4.69) is 27.7 Å². The van der Waals surface area contributed by atoms with Gasteiger partial charge in [-0.05, 0) is 31.6 Å². The summed E-state index contributed by atoms with van der Waals surface area (Å²) in [5.41, 5.74) is 5.46. The van der Waals surface area contributed by atoms with Crippen LogP contribution in [0, 0.1) is 17.3 Å². The largest absolute Gasteiger partial charge is 0.378 e. The summed E-state index contributed by atoms with van der Waals surface area (Å²) in [5.74, 6) is 1.58. The lowest BCUT2D eigenvalue weighted by Crippen LogP contribution is -2.76. The summed E-state index contributed by atoms with van der Waals surface area (Å²) in [4.78, 5) is 14.9. The monoisotopic (exact) mass is 332 g/mol. The van der Waals surface area contributed by atoms with Crippen LogP contribution in [-0.2, 0) is 9.53 Å². The third-order valence-electron chi connectivity index (χ3n) is 5.98. The molecule has 1 amide bonds. The second-order valence-corrected chi connectivity index (χ2v) is 7.71. The molecule has 2 rings (SSSR count). The zero-order chi connectivity index (χ0) is 15.8. The molecule has 0 bridgehead atoms. The molecule has 2 N–H and O–H groups in total. The maximum Gasteiger partial charge on any atom is 0.243 e. The number of rotatable bonds is 4. The van der Waals surface area contributed by atoms with Gasteiger partial charge in [-0.25, -0.2) is 0 Å². The minimum absolute atomic E-state index is 0. The zero-order valence-corrected chi connectivity index (χ0v) is 15.5. The molecule has 1 saturated carbocycles. The van der Waals surface area contributed by atoms with Gasteiger partial charge in [0.15, 0.2) is 0 Å². The molecule has 0 aromatic carbocycles. The van der Waals surface area contributed by atoms with E-state index < -0.39 is 5.54 Å². The minimum Gasteiger partial charge on any atom is -0.378 e. The topological polar surface area (TPSA) is 55.6 Å². The first-order valence-electron chi connectivity index (χ1n) is 8.44. The molecule has 1 aliphatic carbocycles. The second kappa shape index (κ2) is 7.06. The number of hydrogen-bond acceptors (Lipinski definition) is 3. The fourth-order valence-corrected chi connectivity index (χ4v) is 3.85. The number of nitrogens with zero attached hydrogens (tertiary/aromatic N) is 1. The highest BCUT2D eigenvalue weighted by molar-refractivity contribution is 5.89. The van der Waals surface area contributed by atoms with Crippen molar-refractivity contribution < 1.29 is 9.53 Å². The van der Waals surface area contributed by atoms with Crippen molar-refractivity contribution in [3.8, 4) is 0 Å². The molecule has 1 heterocycles. The van der Waals surface area contributed by atoms with E-state index in [0.29, 0.717) is 18.9 Å². The molecule has 5 heteroatoms. The van der Waals surface area contributed by atoms with Gasteiger partial charge in [0.2, 0.25) is 5.91 Å². The zero-order valence-electron chi connectivity index (χ0n) is 14.7. The Morgan fingerprint density at radius 2 is 1.86 bits per heavy atom. The maximum atomic E-state index is 12.9. The lowest BCUT2D eigenvalue weighted by molar-refractivity contribution is -0.180. The van der Waals surface area contributed by atoms with Gasteiger partial charge in [0.05, 0.1) is 6.10 Å². The van der Waals surface area contributed by atoms with Gasteiger partial charge in [0, 0.05) is 31.5 Å². The molecule has 2 fully saturated rings. The first-order valence-corrected chi connectivity index (χ1v) is 8.44.